The van der Waals surface area contributed by atoms with Gasteiger partial charge in [0.25, 0.3) is 0 Å². The van der Waals surface area contributed by atoms with Crippen molar-refractivity contribution in [3.63, 3.8) is 0 Å². The third kappa shape index (κ3) is 2.77. The normalized spacial score (nSPS) is 12.9. The molecule has 1 aliphatic rings. The Morgan fingerprint density at radius 2 is 1.83 bits per heavy atom. The second-order valence-electron chi connectivity index (χ2n) is 7.21. The Kier molecular flexibility index (Phi) is 4.08. The van der Waals surface area contributed by atoms with Gasteiger partial charge < -0.3 is 9.72 Å². The van der Waals surface area contributed by atoms with Crippen LogP contribution in [0, 0.1) is 0 Å². The lowest BCUT2D eigenvalue weighted by molar-refractivity contribution is 0.00624. The highest BCUT2D eigenvalue weighted by atomic mass is 16.6. The van der Waals surface area contributed by atoms with Gasteiger partial charge in [-0.15, -0.1) is 0 Å². The molecule has 0 fully saturated rings. The van der Waals surface area contributed by atoms with Crippen LogP contribution >= 0.6 is 0 Å². The molecule has 0 unspecified atom stereocenters. The lowest BCUT2D eigenvalue weighted by Crippen LogP contribution is -2.25. The number of esters is 1. The van der Waals surface area contributed by atoms with Crippen molar-refractivity contribution < 1.29 is 14.3 Å². The lowest BCUT2D eigenvalue weighted by atomic mass is 10.0. The fraction of sp³-hybridized carbons (Fsp3) is 0.400. The Hall–Kier alpha value is -2.36. The Morgan fingerprint density at radius 1 is 1.17 bits per heavy atom. The minimum atomic E-state index is -0.573. The van der Waals surface area contributed by atoms with Crippen LogP contribution in [0.25, 0.3) is 11.3 Å². The summed E-state index contributed by atoms with van der Waals surface area (Å²) in [7, 11) is 0. The number of unbranched alkanes of at least 4 members (excludes halogenated alkanes) is 1. The van der Waals surface area contributed by atoms with E-state index in [4.69, 9.17) is 4.74 Å². The van der Waals surface area contributed by atoms with E-state index in [1.807, 2.05) is 45.0 Å². The van der Waals surface area contributed by atoms with Crippen LogP contribution in [-0.4, -0.2) is 22.3 Å². The van der Waals surface area contributed by atoms with E-state index in [1.165, 1.54) is 0 Å². The molecular weight excluding hydrogens is 302 g/mol. The van der Waals surface area contributed by atoms with Gasteiger partial charge in [-0.2, -0.15) is 0 Å². The van der Waals surface area contributed by atoms with Crippen LogP contribution < -0.4 is 0 Å². The minimum Gasteiger partial charge on any atom is -0.455 e. The van der Waals surface area contributed by atoms with Gasteiger partial charge in [0, 0.05) is 11.1 Å². The first kappa shape index (κ1) is 16.5. The summed E-state index contributed by atoms with van der Waals surface area (Å²) in [4.78, 5) is 28.6. The smallest absolute Gasteiger partial charge is 0.355 e. The number of ether oxygens (including phenoxy) is 1. The lowest BCUT2D eigenvalue weighted by Gasteiger charge is -2.19. The molecule has 1 aromatic heterocycles. The van der Waals surface area contributed by atoms with E-state index < -0.39 is 11.6 Å². The van der Waals surface area contributed by atoms with Crippen LogP contribution in [-0.2, 0) is 11.2 Å². The summed E-state index contributed by atoms with van der Waals surface area (Å²) in [6.45, 7) is 7.62. The number of ketones is 1. The fourth-order valence-electron chi connectivity index (χ4n) is 3.13. The van der Waals surface area contributed by atoms with E-state index in [-0.39, 0.29) is 5.78 Å². The molecule has 0 atom stereocenters. The van der Waals surface area contributed by atoms with Crippen molar-refractivity contribution >= 4 is 11.8 Å². The maximum Gasteiger partial charge on any atom is 0.355 e. The molecule has 3 rings (SSSR count). The molecule has 1 aromatic carbocycles. The molecule has 4 heteroatoms. The molecule has 0 spiro atoms. The van der Waals surface area contributed by atoms with Crippen molar-refractivity contribution in [2.75, 3.05) is 0 Å². The van der Waals surface area contributed by atoms with E-state index >= 15 is 0 Å². The summed E-state index contributed by atoms with van der Waals surface area (Å²) >= 11 is 0. The largest absolute Gasteiger partial charge is 0.455 e. The van der Waals surface area contributed by atoms with Crippen LogP contribution in [0.15, 0.2) is 24.3 Å². The molecule has 4 nitrogen and oxygen atoms in total. The Labute approximate surface area is 142 Å². The molecule has 1 heterocycles. The number of aromatic nitrogens is 1. The quantitative estimate of drug-likeness (QED) is 0.717. The standard InChI is InChI=1S/C20H23NO3/c1-5-6-9-14-15-16(12-10-7-8-11-13(12)18(15)22)21-17(14)19(23)24-20(2,3)4/h7-8,10-11,21H,5-6,9H2,1-4H3. The number of hydrogen-bond donors (Lipinski definition) is 1. The zero-order valence-electron chi connectivity index (χ0n) is 14.7. The van der Waals surface area contributed by atoms with Crippen molar-refractivity contribution in [1.29, 1.82) is 0 Å². The third-order valence-corrected chi connectivity index (χ3v) is 4.15. The summed E-state index contributed by atoms with van der Waals surface area (Å²) < 4.78 is 5.52. The molecule has 0 radical (unpaired) electrons. The molecule has 0 amide bonds. The number of hydrogen-bond acceptors (Lipinski definition) is 3. The van der Waals surface area contributed by atoms with Crippen molar-refractivity contribution in [1.82, 2.24) is 4.98 Å². The predicted octanol–water partition coefficient (Wildman–Crippen LogP) is 4.52. The summed E-state index contributed by atoms with van der Waals surface area (Å²) in [6, 6.07) is 7.52. The van der Waals surface area contributed by atoms with Gasteiger partial charge in [-0.3, -0.25) is 4.79 Å². The number of rotatable bonds is 4. The molecule has 126 valence electrons. The maximum absolute atomic E-state index is 12.8. The van der Waals surface area contributed by atoms with Gasteiger partial charge in [0.05, 0.1) is 11.3 Å². The topological polar surface area (TPSA) is 59.2 Å². The van der Waals surface area contributed by atoms with Gasteiger partial charge in [-0.1, -0.05) is 37.6 Å². The summed E-state index contributed by atoms with van der Waals surface area (Å²) in [6.07, 6.45) is 2.61. The van der Waals surface area contributed by atoms with E-state index in [0.29, 0.717) is 23.2 Å². The van der Waals surface area contributed by atoms with Gasteiger partial charge in [-0.25, -0.2) is 4.79 Å². The molecule has 0 saturated heterocycles. The van der Waals surface area contributed by atoms with Crippen molar-refractivity contribution in [3.8, 4) is 11.3 Å². The summed E-state index contributed by atoms with van der Waals surface area (Å²) in [5.41, 5.74) is 3.61. The second kappa shape index (κ2) is 5.93. The number of H-pyrrole nitrogens is 1. The molecule has 2 aromatic rings. The maximum atomic E-state index is 12.8. The van der Waals surface area contributed by atoms with Gasteiger partial charge in [0.1, 0.15) is 11.3 Å². The highest BCUT2D eigenvalue weighted by molar-refractivity contribution is 6.23. The van der Waals surface area contributed by atoms with E-state index in [2.05, 4.69) is 11.9 Å². The number of benzene rings is 1. The van der Waals surface area contributed by atoms with Crippen LogP contribution in [0.2, 0.25) is 0 Å². The van der Waals surface area contributed by atoms with Crippen LogP contribution in [0.3, 0.4) is 0 Å². The molecular formula is C20H23NO3. The monoisotopic (exact) mass is 325 g/mol. The van der Waals surface area contributed by atoms with E-state index in [1.54, 1.807) is 0 Å². The van der Waals surface area contributed by atoms with Crippen LogP contribution in [0.1, 0.15) is 72.5 Å². The number of carbonyl (C=O) groups is 2. The third-order valence-electron chi connectivity index (χ3n) is 4.15. The molecule has 1 aliphatic carbocycles. The van der Waals surface area contributed by atoms with Gasteiger partial charge in [-0.05, 0) is 39.2 Å². The van der Waals surface area contributed by atoms with E-state index in [0.717, 1.165) is 29.7 Å². The van der Waals surface area contributed by atoms with Crippen LogP contribution in [0.5, 0.6) is 0 Å². The van der Waals surface area contributed by atoms with Gasteiger partial charge in [0.15, 0.2) is 5.78 Å². The zero-order chi connectivity index (χ0) is 17.5. The fourth-order valence-corrected chi connectivity index (χ4v) is 3.13. The number of nitrogens with one attached hydrogen (secondary N) is 1. The molecule has 0 saturated carbocycles. The highest BCUT2D eigenvalue weighted by Crippen LogP contribution is 2.40. The average Bonchev–Trinajstić information content (AvgIpc) is 3.01. The van der Waals surface area contributed by atoms with Crippen molar-refractivity contribution in [3.05, 3.63) is 46.6 Å². The van der Waals surface area contributed by atoms with Gasteiger partial charge in [0.2, 0.25) is 0 Å². The summed E-state index contributed by atoms with van der Waals surface area (Å²) in [5.74, 6) is -0.397. The predicted molar refractivity (Wildman–Crippen MR) is 93.4 cm³/mol. The summed E-state index contributed by atoms with van der Waals surface area (Å²) in [5, 5.41) is 0. The van der Waals surface area contributed by atoms with Gasteiger partial charge >= 0.3 is 5.97 Å². The first-order chi connectivity index (χ1) is 11.3. The minimum absolute atomic E-state index is 0.00207. The zero-order valence-corrected chi connectivity index (χ0v) is 14.7. The van der Waals surface area contributed by atoms with Crippen molar-refractivity contribution in [2.45, 2.75) is 52.6 Å². The van der Waals surface area contributed by atoms with Crippen molar-refractivity contribution in [2.24, 2.45) is 0 Å². The second-order valence-corrected chi connectivity index (χ2v) is 7.21. The number of carbonyl (C=O) groups excluding carboxylic acids is 2. The number of fused-ring (bicyclic) bond motifs is 3. The molecule has 0 aliphatic heterocycles. The van der Waals surface area contributed by atoms with E-state index in [9.17, 15) is 9.59 Å². The Bertz CT molecular complexity index is 809. The average molecular weight is 325 g/mol. The first-order valence-electron chi connectivity index (χ1n) is 8.45. The molecule has 1 N–H and O–H groups in total. The highest BCUT2D eigenvalue weighted by Gasteiger charge is 2.35. The first-order valence-corrected chi connectivity index (χ1v) is 8.45. The van der Waals surface area contributed by atoms with Crippen LogP contribution in [0.4, 0.5) is 0 Å². The molecule has 24 heavy (non-hydrogen) atoms. The Balaban J connectivity index is 2.11. The Morgan fingerprint density at radius 3 is 2.46 bits per heavy atom. The number of aromatic amines is 1. The molecule has 0 bridgehead atoms. The SMILES string of the molecule is CCCCc1c(C(=O)OC(C)(C)C)[nH]c2c1C(=O)c1ccccc1-2.